The molecule has 2 unspecified atom stereocenters. The molecule has 2 atom stereocenters. The fourth-order valence-corrected chi connectivity index (χ4v) is 6.18. The second-order valence-corrected chi connectivity index (χ2v) is 9.89. The van der Waals surface area contributed by atoms with Gasteiger partial charge in [0.05, 0.1) is 11.0 Å². The number of rotatable bonds is 4. The Bertz CT molecular complexity index is 1060. The highest BCUT2D eigenvalue weighted by Crippen LogP contribution is 2.52. The number of halogens is 7. The lowest BCUT2D eigenvalue weighted by atomic mass is 9.88. The van der Waals surface area contributed by atoms with Crippen LogP contribution in [0.1, 0.15) is 30.4 Å². The lowest BCUT2D eigenvalue weighted by molar-refractivity contribution is -0.376. The van der Waals surface area contributed by atoms with Crippen LogP contribution in [-0.2, 0) is 20.2 Å². The highest BCUT2D eigenvalue weighted by atomic mass is 32.2. The molecule has 4 nitrogen and oxygen atoms in total. The molecule has 0 radical (unpaired) electrons. The summed E-state index contributed by atoms with van der Waals surface area (Å²) in [5.74, 6) is -0.715. The van der Waals surface area contributed by atoms with Gasteiger partial charge in [-0.25, -0.2) is 12.8 Å². The Labute approximate surface area is 178 Å². The highest BCUT2D eigenvalue weighted by Gasteiger charge is 2.71. The normalized spacial score (nSPS) is 22.8. The minimum absolute atomic E-state index is 0.0111. The summed E-state index contributed by atoms with van der Waals surface area (Å²) in [7, 11) is -4.34. The number of benzene rings is 2. The van der Waals surface area contributed by atoms with Crippen molar-refractivity contribution in [2.24, 2.45) is 0 Å². The number of aliphatic hydroxyl groups is 2. The van der Waals surface area contributed by atoms with Crippen LogP contribution in [0.2, 0.25) is 0 Å². The molecule has 0 bridgehead atoms. The molecule has 1 aliphatic carbocycles. The number of hydrogen-bond donors (Lipinski definition) is 2. The summed E-state index contributed by atoms with van der Waals surface area (Å²) >= 11 is 0. The molecule has 2 N–H and O–H groups in total. The summed E-state index contributed by atoms with van der Waals surface area (Å²) in [6, 6.07) is 6.00. The van der Waals surface area contributed by atoms with E-state index < -0.39 is 50.0 Å². The molecule has 0 amide bonds. The molecule has 0 saturated heterocycles. The Morgan fingerprint density at radius 1 is 0.875 bits per heavy atom. The second kappa shape index (κ2) is 7.70. The fraction of sp³-hybridized carbons (Fsp3) is 0.400. The van der Waals surface area contributed by atoms with E-state index >= 15 is 0 Å². The molecular formula is C20H17F7O4S. The summed E-state index contributed by atoms with van der Waals surface area (Å²) in [6.07, 6.45) is -13.8. The Kier molecular flexibility index (Phi) is 5.89. The fourth-order valence-electron chi connectivity index (χ4n) is 3.99. The minimum Gasteiger partial charge on any atom is -0.393 e. The van der Waals surface area contributed by atoms with Crippen LogP contribution in [-0.4, -0.2) is 37.1 Å². The third-order valence-electron chi connectivity index (χ3n) is 5.73. The first-order chi connectivity index (χ1) is 14.6. The molecule has 0 spiro atoms. The monoisotopic (exact) mass is 486 g/mol. The molecule has 3 rings (SSSR count). The predicted octanol–water partition coefficient (Wildman–Crippen LogP) is 4.35. The van der Waals surface area contributed by atoms with E-state index in [1.165, 1.54) is 0 Å². The van der Waals surface area contributed by atoms with Crippen molar-refractivity contribution >= 4 is 9.84 Å². The zero-order valence-corrected chi connectivity index (χ0v) is 16.9. The molecule has 32 heavy (non-hydrogen) atoms. The van der Waals surface area contributed by atoms with E-state index in [1.807, 2.05) is 0 Å². The first-order valence-corrected chi connectivity index (χ1v) is 10.7. The average molecular weight is 486 g/mol. The lowest BCUT2D eigenvalue weighted by Gasteiger charge is -2.34. The van der Waals surface area contributed by atoms with Crippen molar-refractivity contribution in [3.05, 3.63) is 65.5 Å². The van der Waals surface area contributed by atoms with Gasteiger partial charge in [-0.15, -0.1) is 0 Å². The van der Waals surface area contributed by atoms with Crippen molar-refractivity contribution in [3.63, 3.8) is 0 Å². The van der Waals surface area contributed by atoms with Gasteiger partial charge in [-0.1, -0.05) is 24.3 Å². The van der Waals surface area contributed by atoms with Crippen LogP contribution in [0.25, 0.3) is 0 Å². The van der Waals surface area contributed by atoms with Crippen LogP contribution in [0.4, 0.5) is 30.7 Å². The average Bonchev–Trinajstić information content (AvgIpc) is 3.09. The number of hydrogen-bond acceptors (Lipinski definition) is 4. The Balaban J connectivity index is 2.14. The predicted molar refractivity (Wildman–Crippen MR) is 97.6 cm³/mol. The molecule has 2 aromatic carbocycles. The van der Waals surface area contributed by atoms with Crippen LogP contribution in [0.3, 0.4) is 0 Å². The van der Waals surface area contributed by atoms with Crippen molar-refractivity contribution in [2.45, 2.75) is 53.0 Å². The van der Waals surface area contributed by atoms with Gasteiger partial charge in [0.1, 0.15) is 10.6 Å². The maximum atomic E-state index is 13.4. The van der Waals surface area contributed by atoms with Gasteiger partial charge in [-0.05, 0) is 49.1 Å². The topological polar surface area (TPSA) is 74.6 Å². The van der Waals surface area contributed by atoms with Crippen molar-refractivity contribution in [2.75, 3.05) is 0 Å². The summed E-state index contributed by atoms with van der Waals surface area (Å²) in [5.41, 5.74) is -6.85. The number of sulfone groups is 1. The molecule has 0 aliphatic heterocycles. The van der Waals surface area contributed by atoms with E-state index in [-0.39, 0.29) is 29.7 Å². The van der Waals surface area contributed by atoms with E-state index in [2.05, 4.69) is 0 Å². The van der Waals surface area contributed by atoms with Gasteiger partial charge in [0.2, 0.25) is 0 Å². The summed E-state index contributed by atoms with van der Waals surface area (Å²) < 4.78 is 117. The van der Waals surface area contributed by atoms with E-state index in [1.54, 1.807) is 0 Å². The van der Waals surface area contributed by atoms with Gasteiger partial charge in [-0.3, -0.25) is 0 Å². The summed E-state index contributed by atoms with van der Waals surface area (Å²) in [6.45, 7) is 0. The standard InChI is InChI=1S/C20H17F7O4S/c21-14-5-7-16(8-6-14)32(30,31)17(10-9-15(28)11-17)12-1-3-13(4-2-12)18(29,19(22,23)24)20(25,26)27/h1-8,15,28-29H,9-11H2. The Morgan fingerprint density at radius 3 is 1.78 bits per heavy atom. The molecule has 12 heteroatoms. The molecule has 176 valence electrons. The zero-order valence-electron chi connectivity index (χ0n) is 16.1. The van der Waals surface area contributed by atoms with E-state index in [0.717, 1.165) is 36.4 Å². The highest BCUT2D eigenvalue weighted by molar-refractivity contribution is 7.92. The van der Waals surface area contributed by atoms with Gasteiger partial charge in [-0.2, -0.15) is 26.3 Å². The molecule has 0 heterocycles. The minimum atomic E-state index is -6.09. The number of aliphatic hydroxyl groups excluding tert-OH is 1. The molecule has 0 aromatic heterocycles. The van der Waals surface area contributed by atoms with Crippen molar-refractivity contribution in [1.82, 2.24) is 0 Å². The van der Waals surface area contributed by atoms with Crippen molar-refractivity contribution < 1.29 is 49.4 Å². The van der Waals surface area contributed by atoms with Crippen LogP contribution < -0.4 is 0 Å². The third kappa shape index (κ3) is 3.67. The first kappa shape index (κ1) is 24.5. The quantitative estimate of drug-likeness (QED) is 0.498. The van der Waals surface area contributed by atoms with Gasteiger partial charge < -0.3 is 10.2 Å². The van der Waals surface area contributed by atoms with Gasteiger partial charge in [0, 0.05) is 5.56 Å². The van der Waals surface area contributed by atoms with Crippen LogP contribution in [0.15, 0.2) is 53.4 Å². The van der Waals surface area contributed by atoms with Gasteiger partial charge in [0.15, 0.2) is 9.84 Å². The maximum Gasteiger partial charge on any atom is 0.430 e. The third-order valence-corrected chi connectivity index (χ3v) is 8.26. The molecule has 1 saturated carbocycles. The van der Waals surface area contributed by atoms with E-state index in [9.17, 15) is 49.4 Å². The molecular weight excluding hydrogens is 469 g/mol. The zero-order chi connectivity index (χ0) is 24.2. The number of alkyl halides is 6. The molecule has 2 aromatic rings. The summed E-state index contributed by atoms with van der Waals surface area (Å²) in [4.78, 5) is -0.320. The Hall–Kier alpha value is -2.18. The van der Waals surface area contributed by atoms with Crippen LogP contribution in [0, 0.1) is 5.82 Å². The maximum absolute atomic E-state index is 13.4. The Morgan fingerprint density at radius 2 is 1.38 bits per heavy atom. The SMILES string of the molecule is O=S(=O)(c1ccc(F)cc1)C1(c2ccc(C(O)(C(F)(F)F)C(F)(F)F)cc2)CCC(O)C1. The second-order valence-electron chi connectivity index (χ2n) is 7.63. The van der Waals surface area contributed by atoms with E-state index in [0.29, 0.717) is 12.1 Å². The van der Waals surface area contributed by atoms with Crippen LogP contribution in [0.5, 0.6) is 0 Å². The molecule has 1 fully saturated rings. The first-order valence-electron chi connectivity index (χ1n) is 9.21. The van der Waals surface area contributed by atoms with E-state index in [4.69, 9.17) is 0 Å². The van der Waals surface area contributed by atoms with Crippen molar-refractivity contribution in [3.8, 4) is 0 Å². The van der Waals surface area contributed by atoms with Gasteiger partial charge in [0.25, 0.3) is 5.60 Å². The largest absolute Gasteiger partial charge is 0.430 e. The smallest absolute Gasteiger partial charge is 0.393 e. The van der Waals surface area contributed by atoms with Crippen LogP contribution >= 0.6 is 0 Å². The summed E-state index contributed by atoms with van der Waals surface area (Å²) in [5, 5.41) is 19.6. The lowest BCUT2D eigenvalue weighted by Crippen LogP contribution is -2.53. The van der Waals surface area contributed by atoms with Crippen molar-refractivity contribution in [1.29, 1.82) is 0 Å². The van der Waals surface area contributed by atoms with Gasteiger partial charge >= 0.3 is 12.4 Å². The molecule has 1 aliphatic rings.